The number of aromatic amines is 1. The number of carbonyl (C=O) groups is 2. The Bertz CT molecular complexity index is 1180. The van der Waals surface area contributed by atoms with Crippen LogP contribution in [0.1, 0.15) is 35.6 Å². The average Bonchev–Trinajstić information content (AvgIpc) is 3.25. The monoisotopic (exact) mass is 369 g/mol. The highest BCUT2D eigenvalue weighted by atomic mass is 16.2. The molecule has 0 unspecified atom stereocenters. The molecule has 0 saturated carbocycles. The Morgan fingerprint density at radius 1 is 1.07 bits per heavy atom. The predicted molar refractivity (Wildman–Crippen MR) is 110 cm³/mol. The van der Waals surface area contributed by atoms with E-state index in [2.05, 4.69) is 15.3 Å². The zero-order valence-electron chi connectivity index (χ0n) is 15.6. The molecule has 4 rings (SSSR count). The number of hydrogen-bond acceptors (Lipinski definition) is 3. The number of nitrogens with zero attached hydrogens (tertiary/aromatic N) is 1. The van der Waals surface area contributed by atoms with Crippen molar-refractivity contribution in [3.63, 3.8) is 0 Å². The van der Waals surface area contributed by atoms with Gasteiger partial charge in [-0.2, -0.15) is 0 Å². The number of amides is 1. The second-order valence-electron chi connectivity index (χ2n) is 6.57. The molecule has 2 heterocycles. The van der Waals surface area contributed by atoms with Gasteiger partial charge in [0.25, 0.3) is 5.91 Å². The number of carbonyl (C=O) groups excluding carboxylic acids is 2. The molecule has 0 aliphatic carbocycles. The lowest BCUT2D eigenvalue weighted by atomic mass is 10.0. The SMILES string of the molecule is C/C=C\C=C1\NC(=O)C(c2nc3ccc(C(=O)c4ccccc4)cc3[nH]2)=C1C. The van der Waals surface area contributed by atoms with Gasteiger partial charge in [-0.15, -0.1) is 0 Å². The van der Waals surface area contributed by atoms with Crippen LogP contribution in [0.4, 0.5) is 0 Å². The van der Waals surface area contributed by atoms with Crippen molar-refractivity contribution in [2.45, 2.75) is 13.8 Å². The average molecular weight is 369 g/mol. The van der Waals surface area contributed by atoms with E-state index >= 15 is 0 Å². The molecule has 0 bridgehead atoms. The third-order valence-electron chi connectivity index (χ3n) is 4.73. The Morgan fingerprint density at radius 2 is 1.86 bits per heavy atom. The smallest absolute Gasteiger partial charge is 0.259 e. The summed E-state index contributed by atoms with van der Waals surface area (Å²) in [5.41, 5.74) is 4.75. The number of fused-ring (bicyclic) bond motifs is 1. The number of nitrogens with one attached hydrogen (secondary N) is 2. The van der Waals surface area contributed by atoms with Crippen LogP contribution < -0.4 is 5.32 Å². The van der Waals surface area contributed by atoms with E-state index in [1.165, 1.54) is 0 Å². The Balaban J connectivity index is 1.74. The molecule has 1 aliphatic rings. The van der Waals surface area contributed by atoms with Gasteiger partial charge in [-0.25, -0.2) is 4.98 Å². The summed E-state index contributed by atoms with van der Waals surface area (Å²) in [6, 6.07) is 14.5. The van der Waals surface area contributed by atoms with E-state index in [-0.39, 0.29) is 11.7 Å². The van der Waals surface area contributed by atoms with Crippen molar-refractivity contribution in [1.29, 1.82) is 0 Å². The molecular formula is C23H19N3O2. The summed E-state index contributed by atoms with van der Waals surface area (Å²) in [5.74, 6) is 0.260. The number of allylic oxidation sites excluding steroid dienone is 4. The van der Waals surface area contributed by atoms with Crippen molar-refractivity contribution >= 4 is 28.3 Å². The molecule has 2 N–H and O–H groups in total. The molecule has 1 amide bonds. The fourth-order valence-electron chi connectivity index (χ4n) is 3.25. The molecule has 28 heavy (non-hydrogen) atoms. The van der Waals surface area contributed by atoms with Gasteiger partial charge in [0.05, 0.1) is 16.6 Å². The van der Waals surface area contributed by atoms with E-state index in [1.54, 1.807) is 30.3 Å². The minimum absolute atomic E-state index is 0.0516. The van der Waals surface area contributed by atoms with Crippen LogP contribution >= 0.6 is 0 Å². The summed E-state index contributed by atoms with van der Waals surface area (Å²) in [6.07, 6.45) is 5.64. The largest absolute Gasteiger partial charge is 0.338 e. The van der Waals surface area contributed by atoms with Gasteiger partial charge in [-0.3, -0.25) is 9.59 Å². The van der Waals surface area contributed by atoms with E-state index in [4.69, 9.17) is 0 Å². The van der Waals surface area contributed by atoms with Crippen LogP contribution in [-0.4, -0.2) is 21.7 Å². The molecule has 138 valence electrons. The summed E-state index contributed by atoms with van der Waals surface area (Å²) in [7, 11) is 0. The van der Waals surface area contributed by atoms with Crippen molar-refractivity contribution in [3.8, 4) is 0 Å². The fraction of sp³-hybridized carbons (Fsp3) is 0.0870. The van der Waals surface area contributed by atoms with E-state index < -0.39 is 0 Å². The maximum Gasteiger partial charge on any atom is 0.259 e. The molecule has 0 fully saturated rings. The normalized spacial score (nSPS) is 15.8. The quantitative estimate of drug-likeness (QED) is 0.678. The number of ketones is 1. The van der Waals surface area contributed by atoms with Crippen LogP contribution in [0.15, 0.2) is 78.0 Å². The van der Waals surface area contributed by atoms with Crippen LogP contribution in [0.5, 0.6) is 0 Å². The van der Waals surface area contributed by atoms with Crippen molar-refractivity contribution in [1.82, 2.24) is 15.3 Å². The van der Waals surface area contributed by atoms with Gasteiger partial charge in [0.1, 0.15) is 5.82 Å². The van der Waals surface area contributed by atoms with Gasteiger partial charge in [0.2, 0.25) is 0 Å². The number of aromatic nitrogens is 2. The second kappa shape index (κ2) is 7.12. The number of imidazole rings is 1. The number of benzene rings is 2. The third kappa shape index (κ3) is 3.07. The van der Waals surface area contributed by atoms with Crippen molar-refractivity contribution in [2.24, 2.45) is 0 Å². The topological polar surface area (TPSA) is 74.8 Å². The molecule has 1 aromatic heterocycles. The maximum atomic E-state index is 12.7. The van der Waals surface area contributed by atoms with Gasteiger partial charge >= 0.3 is 0 Å². The van der Waals surface area contributed by atoms with Crippen LogP contribution in [0.3, 0.4) is 0 Å². The number of hydrogen-bond donors (Lipinski definition) is 2. The first-order valence-corrected chi connectivity index (χ1v) is 9.04. The van der Waals surface area contributed by atoms with Crippen molar-refractivity contribution < 1.29 is 9.59 Å². The highest BCUT2D eigenvalue weighted by Gasteiger charge is 2.27. The van der Waals surface area contributed by atoms with Crippen LogP contribution in [0.2, 0.25) is 0 Å². The lowest BCUT2D eigenvalue weighted by Crippen LogP contribution is -2.16. The zero-order chi connectivity index (χ0) is 19.7. The van der Waals surface area contributed by atoms with Gasteiger partial charge in [-0.1, -0.05) is 42.5 Å². The molecule has 2 aromatic carbocycles. The van der Waals surface area contributed by atoms with E-state index in [0.717, 1.165) is 16.8 Å². The molecule has 0 radical (unpaired) electrons. The van der Waals surface area contributed by atoms with Crippen LogP contribution in [0.25, 0.3) is 16.6 Å². The first-order valence-electron chi connectivity index (χ1n) is 9.04. The highest BCUT2D eigenvalue weighted by Crippen LogP contribution is 2.29. The number of H-pyrrole nitrogens is 1. The van der Waals surface area contributed by atoms with Gasteiger partial charge in [0.15, 0.2) is 5.78 Å². The zero-order valence-corrected chi connectivity index (χ0v) is 15.6. The fourth-order valence-corrected chi connectivity index (χ4v) is 3.25. The Morgan fingerprint density at radius 3 is 2.61 bits per heavy atom. The molecule has 0 saturated heterocycles. The molecule has 0 spiro atoms. The lowest BCUT2D eigenvalue weighted by Gasteiger charge is -2.00. The van der Waals surface area contributed by atoms with Crippen molar-refractivity contribution in [3.05, 3.63) is 95.0 Å². The summed E-state index contributed by atoms with van der Waals surface area (Å²) < 4.78 is 0. The molecular weight excluding hydrogens is 350 g/mol. The first-order chi connectivity index (χ1) is 13.6. The first kappa shape index (κ1) is 17.7. The predicted octanol–water partition coefficient (Wildman–Crippen LogP) is 4.16. The van der Waals surface area contributed by atoms with E-state index in [1.807, 2.05) is 50.3 Å². The minimum atomic E-state index is -0.187. The van der Waals surface area contributed by atoms with Crippen LogP contribution in [0, 0.1) is 0 Å². The Labute approximate surface area is 162 Å². The summed E-state index contributed by atoms with van der Waals surface area (Å²) in [4.78, 5) is 32.9. The summed E-state index contributed by atoms with van der Waals surface area (Å²) in [5, 5.41) is 2.87. The maximum absolute atomic E-state index is 12.7. The van der Waals surface area contributed by atoms with Crippen molar-refractivity contribution in [2.75, 3.05) is 0 Å². The summed E-state index contributed by atoms with van der Waals surface area (Å²) >= 11 is 0. The van der Waals surface area contributed by atoms with Gasteiger partial charge in [0, 0.05) is 16.8 Å². The van der Waals surface area contributed by atoms with Gasteiger partial charge in [-0.05, 0) is 43.7 Å². The molecule has 5 heteroatoms. The van der Waals surface area contributed by atoms with Crippen LogP contribution in [-0.2, 0) is 4.79 Å². The minimum Gasteiger partial charge on any atom is -0.338 e. The molecule has 0 atom stereocenters. The van der Waals surface area contributed by atoms with Gasteiger partial charge < -0.3 is 10.3 Å². The molecule has 3 aromatic rings. The summed E-state index contributed by atoms with van der Waals surface area (Å²) in [6.45, 7) is 3.81. The highest BCUT2D eigenvalue weighted by molar-refractivity contribution is 6.24. The molecule has 1 aliphatic heterocycles. The Kier molecular flexibility index (Phi) is 4.49. The van der Waals surface area contributed by atoms with E-state index in [0.29, 0.717) is 28.0 Å². The standard InChI is InChI=1S/C23H19N3O2/c1-3-4-10-17-14(2)20(23(28)26-17)22-24-18-12-11-16(13-19(18)25-22)21(27)15-8-6-5-7-9-15/h3-13H,1-2H3,(H,24,25)(H,26,28)/b4-3-,17-10+. The second-order valence-corrected chi connectivity index (χ2v) is 6.57. The Hall–Kier alpha value is -3.73. The molecule has 5 nitrogen and oxygen atoms in total. The third-order valence-corrected chi connectivity index (χ3v) is 4.73. The van der Waals surface area contributed by atoms with E-state index in [9.17, 15) is 9.59 Å². The lowest BCUT2D eigenvalue weighted by molar-refractivity contribution is -0.114. The number of rotatable bonds is 4.